The van der Waals surface area contributed by atoms with Gasteiger partial charge in [0.1, 0.15) is 6.42 Å². The molecule has 0 aliphatic rings. The highest BCUT2D eigenvalue weighted by Gasteiger charge is 2.12. The van der Waals surface area contributed by atoms with E-state index in [-0.39, 0.29) is 18.7 Å². The van der Waals surface area contributed by atoms with Gasteiger partial charge >= 0.3 is 5.97 Å². The van der Waals surface area contributed by atoms with Gasteiger partial charge in [0.25, 0.3) is 0 Å². The fourth-order valence-electron chi connectivity index (χ4n) is 1.51. The Hall–Kier alpha value is -0.900. The van der Waals surface area contributed by atoms with Crippen LogP contribution in [-0.2, 0) is 9.59 Å². The third kappa shape index (κ3) is 8.41. The summed E-state index contributed by atoms with van der Waals surface area (Å²) in [6, 6.07) is 0. The van der Waals surface area contributed by atoms with E-state index in [1.807, 2.05) is 0 Å². The zero-order valence-electron chi connectivity index (χ0n) is 10.4. The van der Waals surface area contributed by atoms with E-state index in [1.165, 1.54) is 0 Å². The molecule has 0 saturated carbocycles. The normalized spacial score (nSPS) is 10.7. The summed E-state index contributed by atoms with van der Waals surface area (Å²) >= 11 is 0. The van der Waals surface area contributed by atoms with E-state index in [4.69, 9.17) is 5.11 Å². The number of aliphatic carboxylic acids is 1. The molecule has 4 nitrogen and oxygen atoms in total. The van der Waals surface area contributed by atoms with E-state index in [1.54, 1.807) is 0 Å². The minimum absolute atomic E-state index is 0.195. The second-order valence-corrected chi connectivity index (χ2v) is 4.09. The quantitative estimate of drug-likeness (QED) is 0.582. The monoisotopic (exact) mass is 229 g/mol. The maximum Gasteiger partial charge on any atom is 0.310 e. The summed E-state index contributed by atoms with van der Waals surface area (Å²) in [5.41, 5.74) is 0. The number of carboxylic acid groups (broad SMARTS) is 1. The van der Waals surface area contributed by atoms with Crippen LogP contribution in [0.4, 0.5) is 0 Å². The molecule has 0 atom stereocenters. The molecule has 4 heteroatoms. The molecule has 0 heterocycles. The Morgan fingerprint density at radius 1 is 1.06 bits per heavy atom. The molecule has 1 N–H and O–H groups in total. The standard InChI is InChI=1S/C12H23NO3/c1-3-5-7-13(8-6-4-2)10-11(14)9-12(15)16/h3-10H2,1-2H3,(H,15,16). The average molecular weight is 229 g/mol. The smallest absolute Gasteiger partial charge is 0.310 e. The molecule has 0 aromatic carbocycles. The number of nitrogens with zero attached hydrogens (tertiary/aromatic N) is 1. The van der Waals surface area contributed by atoms with E-state index < -0.39 is 5.97 Å². The van der Waals surface area contributed by atoms with Crippen LogP contribution in [0.3, 0.4) is 0 Å². The van der Waals surface area contributed by atoms with E-state index in [0.29, 0.717) is 0 Å². The second-order valence-electron chi connectivity index (χ2n) is 4.09. The summed E-state index contributed by atoms with van der Waals surface area (Å²) in [5, 5.41) is 8.51. The van der Waals surface area contributed by atoms with Crippen molar-refractivity contribution >= 4 is 11.8 Å². The summed E-state index contributed by atoms with van der Waals surface area (Å²) in [5.74, 6) is -1.23. The first-order valence-corrected chi connectivity index (χ1v) is 6.06. The van der Waals surface area contributed by atoms with Gasteiger partial charge in [0.15, 0.2) is 5.78 Å². The number of rotatable bonds is 10. The van der Waals surface area contributed by atoms with Gasteiger partial charge in [0, 0.05) is 0 Å². The van der Waals surface area contributed by atoms with Crippen molar-refractivity contribution in [1.29, 1.82) is 0 Å². The molecule has 0 bridgehead atoms. The first kappa shape index (κ1) is 15.1. The van der Waals surface area contributed by atoms with Gasteiger partial charge in [-0.2, -0.15) is 0 Å². The van der Waals surface area contributed by atoms with Crippen LogP contribution in [0, 0.1) is 0 Å². The highest BCUT2D eigenvalue weighted by molar-refractivity contribution is 5.95. The van der Waals surface area contributed by atoms with Crippen LogP contribution >= 0.6 is 0 Å². The first-order chi connectivity index (χ1) is 7.60. The number of Topliss-reactive ketones (excluding diaryl/α,β-unsaturated/α-hetero) is 1. The lowest BCUT2D eigenvalue weighted by molar-refractivity contribution is -0.140. The molecule has 0 aromatic heterocycles. The van der Waals surface area contributed by atoms with E-state index in [2.05, 4.69) is 18.7 Å². The van der Waals surface area contributed by atoms with Crippen LogP contribution in [-0.4, -0.2) is 41.4 Å². The average Bonchev–Trinajstić information content (AvgIpc) is 2.20. The molecule has 0 radical (unpaired) electrons. The third-order valence-electron chi connectivity index (χ3n) is 2.40. The van der Waals surface area contributed by atoms with Gasteiger partial charge in [-0.25, -0.2) is 0 Å². The molecule has 0 spiro atoms. The fraction of sp³-hybridized carbons (Fsp3) is 0.833. The Morgan fingerprint density at radius 2 is 1.56 bits per heavy atom. The van der Waals surface area contributed by atoms with Crippen LogP contribution in [0.25, 0.3) is 0 Å². The Kier molecular flexibility index (Phi) is 8.81. The zero-order chi connectivity index (χ0) is 12.4. The minimum Gasteiger partial charge on any atom is -0.481 e. The van der Waals surface area contributed by atoms with Crippen LogP contribution in [0.5, 0.6) is 0 Å². The van der Waals surface area contributed by atoms with Crippen molar-refractivity contribution in [1.82, 2.24) is 4.90 Å². The van der Waals surface area contributed by atoms with Crippen molar-refractivity contribution in [2.24, 2.45) is 0 Å². The second kappa shape index (κ2) is 9.33. The number of carbonyl (C=O) groups is 2. The van der Waals surface area contributed by atoms with Gasteiger partial charge in [0.05, 0.1) is 6.54 Å². The maximum absolute atomic E-state index is 11.4. The number of carbonyl (C=O) groups excluding carboxylic acids is 1. The lowest BCUT2D eigenvalue weighted by Gasteiger charge is -2.20. The van der Waals surface area contributed by atoms with Gasteiger partial charge in [-0.3, -0.25) is 14.5 Å². The lowest BCUT2D eigenvalue weighted by atomic mass is 10.2. The highest BCUT2D eigenvalue weighted by atomic mass is 16.4. The third-order valence-corrected chi connectivity index (χ3v) is 2.40. The van der Waals surface area contributed by atoms with Crippen LogP contribution < -0.4 is 0 Å². The molecule has 0 aliphatic carbocycles. The molecule has 0 fully saturated rings. The van der Waals surface area contributed by atoms with Crippen molar-refractivity contribution in [3.8, 4) is 0 Å². The molecule has 0 amide bonds. The molecule has 0 unspecified atom stereocenters. The maximum atomic E-state index is 11.4. The molecule has 16 heavy (non-hydrogen) atoms. The number of hydrogen-bond acceptors (Lipinski definition) is 3. The van der Waals surface area contributed by atoms with Gasteiger partial charge in [-0.15, -0.1) is 0 Å². The van der Waals surface area contributed by atoms with Crippen molar-refractivity contribution in [3.63, 3.8) is 0 Å². The number of hydrogen-bond donors (Lipinski definition) is 1. The topological polar surface area (TPSA) is 57.6 Å². The Bertz CT molecular complexity index is 208. The van der Waals surface area contributed by atoms with Crippen molar-refractivity contribution < 1.29 is 14.7 Å². The summed E-state index contributed by atoms with van der Waals surface area (Å²) in [6.07, 6.45) is 3.95. The van der Waals surface area contributed by atoms with Gasteiger partial charge in [-0.1, -0.05) is 26.7 Å². The molecule has 0 aliphatic heterocycles. The van der Waals surface area contributed by atoms with Crippen LogP contribution in [0.2, 0.25) is 0 Å². The Labute approximate surface area is 97.6 Å². The van der Waals surface area contributed by atoms with E-state index >= 15 is 0 Å². The van der Waals surface area contributed by atoms with Crippen LogP contribution in [0.1, 0.15) is 46.0 Å². The predicted molar refractivity (Wildman–Crippen MR) is 63.5 cm³/mol. The van der Waals surface area contributed by atoms with Crippen molar-refractivity contribution in [3.05, 3.63) is 0 Å². The molecule has 94 valence electrons. The van der Waals surface area contributed by atoms with Crippen molar-refractivity contribution in [2.75, 3.05) is 19.6 Å². The number of carboxylic acids is 1. The summed E-state index contributed by atoms with van der Waals surface area (Å²) in [7, 11) is 0. The fourth-order valence-corrected chi connectivity index (χ4v) is 1.51. The molecule has 0 aromatic rings. The van der Waals surface area contributed by atoms with E-state index in [0.717, 1.165) is 38.8 Å². The van der Waals surface area contributed by atoms with Gasteiger partial charge in [0.2, 0.25) is 0 Å². The lowest BCUT2D eigenvalue weighted by Crippen LogP contribution is -2.32. The minimum atomic E-state index is -1.03. The van der Waals surface area contributed by atoms with E-state index in [9.17, 15) is 9.59 Å². The predicted octanol–water partition coefficient (Wildman–Crippen LogP) is 1.93. The highest BCUT2D eigenvalue weighted by Crippen LogP contribution is 2.00. The number of unbranched alkanes of at least 4 members (excludes halogenated alkanes) is 2. The number of ketones is 1. The summed E-state index contributed by atoms with van der Waals surface area (Å²) in [6.45, 7) is 6.28. The summed E-state index contributed by atoms with van der Waals surface area (Å²) < 4.78 is 0. The Morgan fingerprint density at radius 3 is 1.94 bits per heavy atom. The van der Waals surface area contributed by atoms with Gasteiger partial charge in [-0.05, 0) is 25.9 Å². The first-order valence-electron chi connectivity index (χ1n) is 6.06. The van der Waals surface area contributed by atoms with Crippen molar-refractivity contribution in [2.45, 2.75) is 46.0 Å². The zero-order valence-corrected chi connectivity index (χ0v) is 10.4. The van der Waals surface area contributed by atoms with Crippen LogP contribution in [0.15, 0.2) is 0 Å². The SMILES string of the molecule is CCCCN(CCCC)CC(=O)CC(=O)O. The molecule has 0 rings (SSSR count). The molecule has 0 saturated heterocycles. The summed E-state index contributed by atoms with van der Waals surface area (Å²) in [4.78, 5) is 23.8. The Balaban J connectivity index is 3.97. The molecular weight excluding hydrogens is 206 g/mol. The largest absolute Gasteiger partial charge is 0.481 e. The van der Waals surface area contributed by atoms with Gasteiger partial charge < -0.3 is 5.11 Å². The molecular formula is C12H23NO3.